The average molecular weight is 533 g/mol. The highest BCUT2D eigenvalue weighted by Gasteiger charge is 2.38. The van der Waals surface area contributed by atoms with Crippen molar-refractivity contribution < 1.29 is 46.1 Å². The number of aliphatic carboxylic acids is 2. The summed E-state index contributed by atoms with van der Waals surface area (Å²) >= 11 is 1.73. The summed E-state index contributed by atoms with van der Waals surface area (Å²) in [6, 6.07) is 0.546. The van der Waals surface area contributed by atoms with Gasteiger partial charge in [-0.15, -0.1) is 11.3 Å². The molecular formula is C19H25F6N5O4S. The van der Waals surface area contributed by atoms with Crippen molar-refractivity contribution in [3.8, 4) is 0 Å². The molecule has 3 heterocycles. The largest absolute Gasteiger partial charge is 0.490 e. The zero-order chi connectivity index (χ0) is 27.0. The lowest BCUT2D eigenvalue weighted by Crippen LogP contribution is -2.33. The molecule has 1 aliphatic heterocycles. The monoisotopic (exact) mass is 533 g/mol. The Labute approximate surface area is 200 Å². The van der Waals surface area contributed by atoms with Crippen LogP contribution in [0.2, 0.25) is 0 Å². The van der Waals surface area contributed by atoms with Crippen LogP contribution in [0, 0.1) is 0 Å². The van der Waals surface area contributed by atoms with E-state index in [1.54, 1.807) is 11.3 Å². The minimum atomic E-state index is -5.08. The fraction of sp³-hybridized carbons (Fsp3) is 0.579. The summed E-state index contributed by atoms with van der Waals surface area (Å²) in [6.07, 6.45) is -6.07. The Morgan fingerprint density at radius 3 is 2.09 bits per heavy atom. The molecule has 0 bridgehead atoms. The van der Waals surface area contributed by atoms with Crippen LogP contribution >= 0.6 is 11.3 Å². The number of hydrogen-bond acceptors (Lipinski definition) is 7. The summed E-state index contributed by atoms with van der Waals surface area (Å²) in [5, 5.41) is 17.5. The van der Waals surface area contributed by atoms with Gasteiger partial charge >= 0.3 is 24.3 Å². The molecule has 0 spiro atoms. The maximum Gasteiger partial charge on any atom is 0.490 e. The molecule has 16 heteroatoms. The number of carbonyl (C=O) groups is 2. The summed E-state index contributed by atoms with van der Waals surface area (Å²) < 4.78 is 65.8. The van der Waals surface area contributed by atoms with Crippen molar-refractivity contribution in [3.05, 3.63) is 34.3 Å². The maximum absolute atomic E-state index is 10.6. The van der Waals surface area contributed by atoms with E-state index in [1.165, 1.54) is 16.5 Å². The molecule has 35 heavy (non-hydrogen) atoms. The van der Waals surface area contributed by atoms with Crippen LogP contribution in [-0.4, -0.2) is 78.5 Å². The first-order valence-electron chi connectivity index (χ1n) is 9.96. The van der Waals surface area contributed by atoms with E-state index >= 15 is 0 Å². The summed E-state index contributed by atoms with van der Waals surface area (Å²) in [5.41, 5.74) is 1.18. The molecule has 198 valence electrons. The van der Waals surface area contributed by atoms with E-state index in [1.807, 2.05) is 11.6 Å². The molecule has 0 saturated heterocycles. The van der Waals surface area contributed by atoms with E-state index in [0.717, 1.165) is 32.7 Å². The molecule has 0 fully saturated rings. The smallest absolute Gasteiger partial charge is 0.475 e. The number of carboxylic acids is 2. The van der Waals surface area contributed by atoms with Crippen LogP contribution in [0.15, 0.2) is 17.8 Å². The third-order valence-corrected chi connectivity index (χ3v) is 5.32. The fourth-order valence-corrected chi connectivity index (χ4v) is 3.19. The predicted molar refractivity (Wildman–Crippen MR) is 112 cm³/mol. The van der Waals surface area contributed by atoms with Gasteiger partial charge in [0.15, 0.2) is 0 Å². The Morgan fingerprint density at radius 1 is 1.11 bits per heavy atom. The number of halogens is 6. The number of alkyl halides is 6. The minimum absolute atomic E-state index is 0.546. The number of carboxylic acid groups (broad SMARTS) is 2. The normalized spacial score (nSPS) is 14.0. The van der Waals surface area contributed by atoms with Gasteiger partial charge in [0.2, 0.25) is 0 Å². The number of nitrogens with zero attached hydrogens (tertiary/aromatic N) is 5. The Balaban J connectivity index is 0.000000362. The van der Waals surface area contributed by atoms with Crippen LogP contribution in [0.25, 0.3) is 0 Å². The van der Waals surface area contributed by atoms with Crippen LogP contribution in [-0.2, 0) is 35.8 Å². The lowest BCUT2D eigenvalue weighted by Gasteiger charge is -2.26. The van der Waals surface area contributed by atoms with Crippen molar-refractivity contribution in [2.75, 3.05) is 13.6 Å². The number of fused-ring (bicyclic) bond motifs is 1. The van der Waals surface area contributed by atoms with Crippen LogP contribution in [0.3, 0.4) is 0 Å². The van der Waals surface area contributed by atoms with E-state index in [4.69, 9.17) is 24.8 Å². The van der Waals surface area contributed by atoms with Crippen LogP contribution in [0.1, 0.15) is 30.4 Å². The number of thiazole rings is 1. The number of aromatic nitrogens is 3. The van der Waals surface area contributed by atoms with Gasteiger partial charge in [-0.3, -0.25) is 9.80 Å². The van der Waals surface area contributed by atoms with E-state index in [9.17, 15) is 26.3 Å². The van der Waals surface area contributed by atoms with Gasteiger partial charge in [0.05, 0.1) is 18.8 Å². The first-order valence-corrected chi connectivity index (χ1v) is 10.8. The van der Waals surface area contributed by atoms with Gasteiger partial charge in [-0.25, -0.2) is 19.6 Å². The van der Waals surface area contributed by atoms with Gasteiger partial charge in [0.1, 0.15) is 10.8 Å². The summed E-state index contributed by atoms with van der Waals surface area (Å²) in [5.74, 6) is -4.33. The Morgan fingerprint density at radius 2 is 1.66 bits per heavy atom. The van der Waals surface area contributed by atoms with Crippen LogP contribution in [0.5, 0.6) is 0 Å². The fourth-order valence-electron chi connectivity index (χ4n) is 2.53. The van der Waals surface area contributed by atoms with Crippen molar-refractivity contribution in [1.82, 2.24) is 24.3 Å². The Kier molecular flexibility index (Phi) is 11.1. The van der Waals surface area contributed by atoms with E-state index in [0.29, 0.717) is 6.04 Å². The second-order valence-corrected chi connectivity index (χ2v) is 8.57. The van der Waals surface area contributed by atoms with Gasteiger partial charge < -0.3 is 14.8 Å². The Hall–Kier alpha value is -2.72. The second-order valence-electron chi connectivity index (χ2n) is 7.59. The van der Waals surface area contributed by atoms with Gasteiger partial charge in [-0.1, -0.05) is 0 Å². The molecule has 0 amide bonds. The highest BCUT2D eigenvalue weighted by Crippen LogP contribution is 2.17. The molecule has 0 radical (unpaired) electrons. The van der Waals surface area contributed by atoms with Crippen molar-refractivity contribution >= 4 is 23.3 Å². The molecule has 0 saturated carbocycles. The van der Waals surface area contributed by atoms with E-state index in [2.05, 4.69) is 46.4 Å². The molecule has 2 aromatic rings. The van der Waals surface area contributed by atoms with E-state index < -0.39 is 24.3 Å². The van der Waals surface area contributed by atoms with Gasteiger partial charge in [-0.2, -0.15) is 26.3 Å². The SMILES string of the molecule is CC(C)N(C)Cc1cn2c(n1)CN(Cc1nccs1)CC2.O=C(O)C(F)(F)F.O=C(O)C(F)(F)F. The quantitative estimate of drug-likeness (QED) is 0.563. The van der Waals surface area contributed by atoms with Gasteiger partial charge in [-0.05, 0) is 20.9 Å². The molecule has 1 aliphatic rings. The molecule has 0 atom stereocenters. The standard InChI is InChI=1S/C15H23N5S.2C2HF3O2/c1-12(2)18(3)8-13-9-20-6-5-19(10-14(20)17-13)11-15-16-4-7-21-15;2*3-2(4,5)1(6)7/h4,7,9,12H,5-6,8,10-11H2,1-3H3;2*(H,6,7). The summed E-state index contributed by atoms with van der Waals surface area (Å²) in [4.78, 5) is 31.7. The van der Waals surface area contributed by atoms with Crippen molar-refractivity contribution in [1.29, 1.82) is 0 Å². The zero-order valence-corrected chi connectivity index (χ0v) is 19.8. The molecule has 0 aromatic carbocycles. The summed E-state index contributed by atoms with van der Waals surface area (Å²) in [6.45, 7) is 9.31. The topological polar surface area (TPSA) is 112 Å². The third kappa shape index (κ3) is 11.0. The molecule has 9 nitrogen and oxygen atoms in total. The second kappa shape index (κ2) is 12.8. The number of imidazole rings is 1. The molecule has 3 rings (SSSR count). The molecule has 0 aliphatic carbocycles. The first kappa shape index (κ1) is 30.3. The molecule has 2 aromatic heterocycles. The summed E-state index contributed by atoms with van der Waals surface area (Å²) in [7, 11) is 2.15. The highest BCUT2D eigenvalue weighted by molar-refractivity contribution is 7.09. The predicted octanol–water partition coefficient (Wildman–Crippen LogP) is 3.46. The lowest BCUT2D eigenvalue weighted by molar-refractivity contribution is -0.193. The zero-order valence-electron chi connectivity index (χ0n) is 19.0. The average Bonchev–Trinajstić information content (AvgIpc) is 3.36. The number of rotatable bonds is 5. The molecular weight excluding hydrogens is 508 g/mol. The number of hydrogen-bond donors (Lipinski definition) is 2. The lowest BCUT2D eigenvalue weighted by atomic mass is 10.3. The van der Waals surface area contributed by atoms with Crippen LogP contribution < -0.4 is 0 Å². The maximum atomic E-state index is 10.6. The first-order chi connectivity index (χ1) is 16.0. The van der Waals surface area contributed by atoms with Gasteiger partial charge in [0.25, 0.3) is 0 Å². The van der Waals surface area contributed by atoms with Crippen molar-refractivity contribution in [3.63, 3.8) is 0 Å². The third-order valence-electron chi connectivity index (χ3n) is 4.55. The molecule has 2 N–H and O–H groups in total. The minimum Gasteiger partial charge on any atom is -0.475 e. The van der Waals surface area contributed by atoms with Gasteiger partial charge in [0, 0.05) is 43.4 Å². The highest BCUT2D eigenvalue weighted by atomic mass is 32.1. The van der Waals surface area contributed by atoms with Crippen molar-refractivity contribution in [2.24, 2.45) is 0 Å². The molecule has 0 unspecified atom stereocenters. The van der Waals surface area contributed by atoms with Crippen molar-refractivity contribution in [2.45, 2.75) is 58.4 Å². The van der Waals surface area contributed by atoms with E-state index in [-0.39, 0.29) is 0 Å². The Bertz CT molecular complexity index is 923. The van der Waals surface area contributed by atoms with Crippen LogP contribution in [0.4, 0.5) is 26.3 Å².